The van der Waals surface area contributed by atoms with Crippen LogP contribution in [-0.2, 0) is 11.2 Å². The number of pyridine rings is 1. The van der Waals surface area contributed by atoms with E-state index in [4.69, 9.17) is 4.74 Å². The molecule has 1 aromatic heterocycles. The second-order valence-corrected chi connectivity index (χ2v) is 6.33. The van der Waals surface area contributed by atoms with Gasteiger partial charge in [0, 0.05) is 18.4 Å². The Morgan fingerprint density at radius 2 is 2.04 bits per heavy atom. The summed E-state index contributed by atoms with van der Waals surface area (Å²) in [6, 6.07) is 13.3. The van der Waals surface area contributed by atoms with E-state index in [1.165, 1.54) is 11.8 Å². The molecule has 1 heterocycles. The van der Waals surface area contributed by atoms with Crippen LogP contribution >= 0.6 is 11.8 Å². The van der Waals surface area contributed by atoms with Crippen molar-refractivity contribution in [3.63, 3.8) is 0 Å². The number of ether oxygens (including phenoxy) is 1. The summed E-state index contributed by atoms with van der Waals surface area (Å²) in [5.74, 6) is 1.45. The van der Waals surface area contributed by atoms with Crippen molar-refractivity contribution in [1.29, 1.82) is 0 Å². The fourth-order valence-electron chi connectivity index (χ4n) is 1.93. The van der Waals surface area contributed by atoms with Gasteiger partial charge in [0.25, 0.3) is 0 Å². The zero-order chi connectivity index (χ0) is 16.5. The summed E-state index contributed by atoms with van der Waals surface area (Å²) in [5, 5.41) is 10.9. The molecule has 0 spiro atoms. The van der Waals surface area contributed by atoms with Crippen LogP contribution in [0.25, 0.3) is 0 Å². The first kappa shape index (κ1) is 17.5. The molecule has 5 heteroatoms. The van der Waals surface area contributed by atoms with Crippen LogP contribution in [0, 0.1) is 0 Å². The first-order valence-electron chi connectivity index (χ1n) is 7.56. The highest BCUT2D eigenvalue weighted by Crippen LogP contribution is 2.17. The molecule has 1 unspecified atom stereocenters. The Morgan fingerprint density at radius 1 is 1.26 bits per heavy atom. The number of benzene rings is 1. The summed E-state index contributed by atoms with van der Waals surface area (Å²) in [6.07, 6.45) is 2.49. The molecule has 0 amide bonds. The number of hydrogen-bond acceptors (Lipinski definition) is 5. The quantitative estimate of drug-likeness (QED) is 0.715. The second kappa shape index (κ2) is 9.33. The number of ketones is 1. The number of aliphatic hydroxyl groups is 1. The lowest BCUT2D eigenvalue weighted by Crippen LogP contribution is -2.20. The molecule has 1 atom stereocenters. The minimum atomic E-state index is -0.556. The van der Waals surface area contributed by atoms with Crippen molar-refractivity contribution in [3.8, 4) is 5.75 Å². The Morgan fingerprint density at radius 3 is 2.70 bits per heavy atom. The fraction of sp³-hybridized carbons (Fsp3) is 0.333. The molecule has 4 nitrogen and oxygen atoms in total. The lowest BCUT2D eigenvalue weighted by Gasteiger charge is -2.12. The molecule has 0 aliphatic carbocycles. The smallest absolute Gasteiger partial charge is 0.130 e. The molecule has 1 aromatic carbocycles. The third kappa shape index (κ3) is 6.84. The molecule has 23 heavy (non-hydrogen) atoms. The van der Waals surface area contributed by atoms with Gasteiger partial charge in [-0.25, -0.2) is 4.98 Å². The van der Waals surface area contributed by atoms with Crippen molar-refractivity contribution >= 4 is 17.5 Å². The molecule has 0 saturated carbocycles. The summed E-state index contributed by atoms with van der Waals surface area (Å²) in [7, 11) is 0. The third-order valence-electron chi connectivity index (χ3n) is 3.19. The van der Waals surface area contributed by atoms with Crippen molar-refractivity contribution < 1.29 is 14.6 Å². The standard InChI is InChI=1S/C18H21NO3S/c1-14(20)5-6-15-7-9-17(10-8-15)22-12-16(21)13-23-18-4-2-3-11-19-18/h2-4,7-11,16,21H,5-6,12-13H2,1H3. The van der Waals surface area contributed by atoms with Crippen LogP contribution in [0.5, 0.6) is 5.75 Å². The minimum Gasteiger partial charge on any atom is -0.491 e. The second-order valence-electron chi connectivity index (χ2n) is 5.29. The molecule has 0 aliphatic heterocycles. The lowest BCUT2D eigenvalue weighted by atomic mass is 10.1. The minimum absolute atomic E-state index is 0.193. The molecule has 0 bridgehead atoms. The van der Waals surface area contributed by atoms with E-state index >= 15 is 0 Å². The van der Waals surface area contributed by atoms with Crippen LogP contribution in [0.1, 0.15) is 18.9 Å². The Kier molecular flexibility index (Phi) is 7.10. The van der Waals surface area contributed by atoms with Gasteiger partial charge in [0.05, 0.1) is 11.1 Å². The van der Waals surface area contributed by atoms with Gasteiger partial charge in [-0.05, 0) is 43.2 Å². The fourth-order valence-corrected chi connectivity index (χ4v) is 2.70. The Bertz CT molecular complexity index is 601. The van der Waals surface area contributed by atoms with Gasteiger partial charge in [0.15, 0.2) is 0 Å². The molecular weight excluding hydrogens is 310 g/mol. The van der Waals surface area contributed by atoms with E-state index in [-0.39, 0.29) is 12.4 Å². The van der Waals surface area contributed by atoms with E-state index in [0.717, 1.165) is 22.8 Å². The van der Waals surface area contributed by atoms with E-state index in [2.05, 4.69) is 4.98 Å². The summed E-state index contributed by atoms with van der Waals surface area (Å²) < 4.78 is 5.59. The highest BCUT2D eigenvalue weighted by atomic mass is 32.2. The molecule has 1 N–H and O–H groups in total. The van der Waals surface area contributed by atoms with Crippen LogP contribution in [0.15, 0.2) is 53.7 Å². The Hall–Kier alpha value is -1.85. The summed E-state index contributed by atoms with van der Waals surface area (Å²) in [4.78, 5) is 15.2. The topological polar surface area (TPSA) is 59.4 Å². The average Bonchev–Trinajstić information content (AvgIpc) is 2.58. The zero-order valence-electron chi connectivity index (χ0n) is 13.1. The maximum absolute atomic E-state index is 11.0. The number of carbonyl (C=O) groups excluding carboxylic acids is 1. The largest absolute Gasteiger partial charge is 0.491 e. The van der Waals surface area contributed by atoms with Gasteiger partial charge < -0.3 is 14.6 Å². The SMILES string of the molecule is CC(=O)CCc1ccc(OCC(O)CSc2ccccn2)cc1. The molecule has 0 saturated heterocycles. The normalized spacial score (nSPS) is 11.9. The highest BCUT2D eigenvalue weighted by Gasteiger charge is 2.07. The van der Waals surface area contributed by atoms with Gasteiger partial charge in [0.1, 0.15) is 18.1 Å². The van der Waals surface area contributed by atoms with E-state index < -0.39 is 6.10 Å². The number of nitrogens with zero attached hydrogens (tertiary/aromatic N) is 1. The third-order valence-corrected chi connectivity index (χ3v) is 4.28. The van der Waals surface area contributed by atoms with Gasteiger partial charge in [0.2, 0.25) is 0 Å². The molecule has 2 aromatic rings. The van der Waals surface area contributed by atoms with E-state index in [1.807, 2.05) is 42.5 Å². The lowest BCUT2D eigenvalue weighted by molar-refractivity contribution is -0.116. The average molecular weight is 331 g/mol. The van der Waals surface area contributed by atoms with Crippen molar-refractivity contribution in [3.05, 3.63) is 54.2 Å². The number of rotatable bonds is 9. The van der Waals surface area contributed by atoms with Gasteiger partial charge in [-0.1, -0.05) is 18.2 Å². The predicted molar refractivity (Wildman–Crippen MR) is 91.9 cm³/mol. The number of aryl methyl sites for hydroxylation is 1. The molecule has 2 rings (SSSR count). The monoisotopic (exact) mass is 331 g/mol. The highest BCUT2D eigenvalue weighted by molar-refractivity contribution is 7.99. The van der Waals surface area contributed by atoms with Crippen LogP contribution < -0.4 is 4.74 Å². The number of carbonyl (C=O) groups is 1. The number of hydrogen-bond donors (Lipinski definition) is 1. The van der Waals surface area contributed by atoms with Crippen molar-refractivity contribution in [2.24, 2.45) is 0 Å². The maximum Gasteiger partial charge on any atom is 0.130 e. The van der Waals surface area contributed by atoms with Gasteiger partial charge >= 0.3 is 0 Å². The first-order chi connectivity index (χ1) is 11.1. The Labute approximate surface area is 140 Å². The van der Waals surface area contributed by atoms with Crippen LogP contribution in [0.3, 0.4) is 0 Å². The molecular formula is C18H21NO3S. The Balaban J connectivity index is 1.71. The van der Waals surface area contributed by atoms with Crippen LogP contribution in [-0.4, -0.2) is 34.3 Å². The number of thioether (sulfide) groups is 1. The van der Waals surface area contributed by atoms with Crippen molar-refractivity contribution in [2.45, 2.75) is 30.9 Å². The van der Waals surface area contributed by atoms with E-state index in [9.17, 15) is 9.90 Å². The molecule has 0 radical (unpaired) electrons. The van der Waals surface area contributed by atoms with Gasteiger partial charge in [-0.2, -0.15) is 0 Å². The molecule has 0 fully saturated rings. The molecule has 122 valence electrons. The van der Waals surface area contributed by atoms with Crippen LogP contribution in [0.2, 0.25) is 0 Å². The maximum atomic E-state index is 11.0. The van der Waals surface area contributed by atoms with Crippen LogP contribution in [0.4, 0.5) is 0 Å². The first-order valence-corrected chi connectivity index (χ1v) is 8.55. The predicted octanol–water partition coefficient (Wildman–Crippen LogP) is 3.14. The van der Waals surface area contributed by atoms with E-state index in [0.29, 0.717) is 12.2 Å². The number of Topliss-reactive ketones (excluding diaryl/α,β-unsaturated/α-hetero) is 1. The van der Waals surface area contributed by atoms with Gasteiger partial charge in [-0.15, -0.1) is 11.8 Å². The summed E-state index contributed by atoms with van der Waals surface area (Å²) in [5.41, 5.74) is 1.11. The number of aromatic nitrogens is 1. The van der Waals surface area contributed by atoms with E-state index in [1.54, 1.807) is 13.1 Å². The van der Waals surface area contributed by atoms with Crippen molar-refractivity contribution in [2.75, 3.05) is 12.4 Å². The van der Waals surface area contributed by atoms with Gasteiger partial charge in [-0.3, -0.25) is 0 Å². The van der Waals surface area contributed by atoms with Crippen molar-refractivity contribution in [1.82, 2.24) is 4.98 Å². The molecule has 0 aliphatic rings. The zero-order valence-corrected chi connectivity index (χ0v) is 14.0. The summed E-state index contributed by atoms with van der Waals surface area (Å²) >= 11 is 1.50. The number of aliphatic hydroxyl groups excluding tert-OH is 1. The summed E-state index contributed by atoms with van der Waals surface area (Å²) in [6.45, 7) is 1.84.